The van der Waals surface area contributed by atoms with Crippen LogP contribution in [-0.4, -0.2) is 20.6 Å². The first-order valence-corrected chi connectivity index (χ1v) is 7.73. The van der Waals surface area contributed by atoms with E-state index < -0.39 is 5.97 Å². The second-order valence-electron chi connectivity index (χ2n) is 5.36. The summed E-state index contributed by atoms with van der Waals surface area (Å²) in [6, 6.07) is 8.61. The lowest BCUT2D eigenvalue weighted by Gasteiger charge is -2.03. The molecule has 0 unspecified atom stereocenters. The number of benzene rings is 1. The molecule has 0 aliphatic heterocycles. The number of aromatic nitrogens is 2. The minimum Gasteiger partial charge on any atom is -0.477 e. The molecule has 1 N–H and O–H groups in total. The number of rotatable bonds is 3. The first kappa shape index (κ1) is 13.0. The van der Waals surface area contributed by atoms with E-state index in [1.807, 2.05) is 24.4 Å². The van der Waals surface area contributed by atoms with Gasteiger partial charge in [0.05, 0.1) is 11.8 Å². The number of carbonyl (C=O) groups is 1. The topological polar surface area (TPSA) is 78.9 Å². The smallest absolute Gasteiger partial charge is 0.347 e. The highest BCUT2D eigenvalue weighted by Crippen LogP contribution is 2.40. The largest absolute Gasteiger partial charge is 0.477 e. The molecule has 0 radical (unpaired) electrons. The first-order valence-electron chi connectivity index (χ1n) is 6.91. The third kappa shape index (κ3) is 1.98. The van der Waals surface area contributed by atoms with Crippen molar-refractivity contribution >= 4 is 28.2 Å². The average molecular weight is 309 g/mol. The van der Waals surface area contributed by atoms with E-state index in [0.29, 0.717) is 16.6 Å². The predicted octanol–water partition coefficient (Wildman–Crippen LogP) is 3.67. The molecule has 1 aromatic carbocycles. The Kier molecular flexibility index (Phi) is 2.78. The van der Waals surface area contributed by atoms with Gasteiger partial charge in [-0.25, -0.2) is 9.78 Å². The van der Waals surface area contributed by atoms with Crippen LogP contribution in [0, 0.1) is 11.3 Å². The zero-order valence-corrected chi connectivity index (χ0v) is 12.3. The summed E-state index contributed by atoms with van der Waals surface area (Å²) in [6.07, 6.45) is 5.60. The van der Waals surface area contributed by atoms with Gasteiger partial charge in [-0.05, 0) is 31.0 Å². The Morgan fingerprint density at radius 2 is 2.27 bits per heavy atom. The number of nitriles is 1. The molecule has 0 atom stereocenters. The molecule has 3 aromatic rings. The maximum atomic E-state index is 11.0. The monoisotopic (exact) mass is 309 g/mol. The molecule has 1 aliphatic rings. The lowest BCUT2D eigenvalue weighted by molar-refractivity contribution is 0.0702. The lowest BCUT2D eigenvalue weighted by Crippen LogP contribution is -1.90. The Bertz CT molecular complexity index is 944. The molecule has 1 fully saturated rings. The van der Waals surface area contributed by atoms with Gasteiger partial charge in [-0.1, -0.05) is 0 Å². The van der Waals surface area contributed by atoms with Crippen LogP contribution in [-0.2, 0) is 0 Å². The van der Waals surface area contributed by atoms with Crippen LogP contribution >= 0.6 is 11.3 Å². The maximum Gasteiger partial charge on any atom is 0.347 e. The van der Waals surface area contributed by atoms with Crippen molar-refractivity contribution in [3.63, 3.8) is 0 Å². The number of thiazole rings is 1. The van der Waals surface area contributed by atoms with Crippen molar-refractivity contribution in [3.05, 3.63) is 41.0 Å². The quantitative estimate of drug-likeness (QED) is 0.800. The van der Waals surface area contributed by atoms with Gasteiger partial charge in [-0.15, -0.1) is 11.3 Å². The van der Waals surface area contributed by atoms with Crippen LogP contribution in [0.15, 0.2) is 30.6 Å². The normalized spacial score (nSPS) is 14.1. The number of carboxylic acids is 1. The van der Waals surface area contributed by atoms with Gasteiger partial charge >= 0.3 is 5.97 Å². The molecule has 0 amide bonds. The summed E-state index contributed by atoms with van der Waals surface area (Å²) >= 11 is 1.14. The molecule has 4 rings (SSSR count). The first-order chi connectivity index (χ1) is 10.7. The fourth-order valence-electron chi connectivity index (χ4n) is 2.64. The van der Waals surface area contributed by atoms with Gasteiger partial charge in [-0.2, -0.15) is 5.26 Å². The van der Waals surface area contributed by atoms with Crippen LogP contribution in [0.5, 0.6) is 0 Å². The van der Waals surface area contributed by atoms with Crippen LogP contribution in [0.2, 0.25) is 0 Å². The molecule has 6 heteroatoms. The molecule has 1 aliphatic carbocycles. The van der Waals surface area contributed by atoms with Crippen LogP contribution in [0.3, 0.4) is 0 Å². The van der Waals surface area contributed by atoms with Crippen LogP contribution < -0.4 is 0 Å². The van der Waals surface area contributed by atoms with Crippen LogP contribution in [0.25, 0.3) is 21.5 Å². The molecule has 108 valence electrons. The van der Waals surface area contributed by atoms with Gasteiger partial charge in [0.2, 0.25) is 0 Å². The van der Waals surface area contributed by atoms with E-state index in [1.165, 1.54) is 6.20 Å². The Hall–Kier alpha value is -2.65. The summed E-state index contributed by atoms with van der Waals surface area (Å²) in [6.45, 7) is 0. The fourth-order valence-corrected chi connectivity index (χ4v) is 3.39. The van der Waals surface area contributed by atoms with Crippen LogP contribution in [0.4, 0.5) is 0 Å². The molecular weight excluding hydrogens is 298 g/mol. The summed E-state index contributed by atoms with van der Waals surface area (Å²) in [7, 11) is 0. The van der Waals surface area contributed by atoms with Crippen LogP contribution in [0.1, 0.15) is 34.1 Å². The standard InChI is InChI=1S/C16H11N3O2S/c17-6-10-8-19(11-2-3-11)13-4-1-9(5-12(10)13)15-18-7-14(22-15)16(20)21/h1,4-5,7-8,11H,2-3H2,(H,20,21). The lowest BCUT2D eigenvalue weighted by atomic mass is 10.1. The average Bonchev–Trinajstić information content (AvgIpc) is 3.12. The van der Waals surface area contributed by atoms with E-state index in [0.717, 1.165) is 40.6 Å². The molecule has 1 saturated carbocycles. The molecule has 5 nitrogen and oxygen atoms in total. The van der Waals surface area contributed by atoms with E-state index in [9.17, 15) is 10.1 Å². The van der Waals surface area contributed by atoms with Gasteiger partial charge in [0.15, 0.2) is 0 Å². The summed E-state index contributed by atoms with van der Waals surface area (Å²) < 4.78 is 2.17. The second kappa shape index (κ2) is 4.68. The molecular formula is C16H11N3O2S. The fraction of sp³-hybridized carbons (Fsp3) is 0.188. The Balaban J connectivity index is 1.86. The van der Waals surface area contributed by atoms with E-state index in [1.54, 1.807) is 0 Å². The van der Waals surface area contributed by atoms with Crippen molar-refractivity contribution in [2.45, 2.75) is 18.9 Å². The van der Waals surface area contributed by atoms with Crippen molar-refractivity contribution in [1.82, 2.24) is 9.55 Å². The Labute approximate surface area is 130 Å². The highest BCUT2D eigenvalue weighted by atomic mass is 32.1. The van der Waals surface area contributed by atoms with Gasteiger partial charge < -0.3 is 9.67 Å². The van der Waals surface area contributed by atoms with E-state index in [2.05, 4.69) is 15.6 Å². The minimum absolute atomic E-state index is 0.214. The molecule has 2 heterocycles. The number of hydrogen-bond acceptors (Lipinski definition) is 4. The second-order valence-corrected chi connectivity index (χ2v) is 6.39. The third-order valence-corrected chi connectivity index (χ3v) is 4.89. The van der Waals surface area contributed by atoms with Crippen molar-refractivity contribution in [2.24, 2.45) is 0 Å². The minimum atomic E-state index is -0.970. The van der Waals surface area contributed by atoms with E-state index >= 15 is 0 Å². The third-order valence-electron chi connectivity index (χ3n) is 3.86. The number of hydrogen-bond donors (Lipinski definition) is 1. The van der Waals surface area contributed by atoms with Crippen molar-refractivity contribution in [1.29, 1.82) is 5.26 Å². The summed E-state index contributed by atoms with van der Waals surface area (Å²) in [5.41, 5.74) is 2.55. The SMILES string of the molecule is N#Cc1cn(C2CC2)c2ccc(-c3ncc(C(=O)O)s3)cc12. The summed E-state index contributed by atoms with van der Waals surface area (Å²) in [5.74, 6) is -0.970. The van der Waals surface area contributed by atoms with Gasteiger partial charge in [-0.3, -0.25) is 0 Å². The Morgan fingerprint density at radius 3 is 2.91 bits per heavy atom. The predicted molar refractivity (Wildman–Crippen MR) is 83.0 cm³/mol. The number of fused-ring (bicyclic) bond motifs is 1. The summed E-state index contributed by atoms with van der Waals surface area (Å²) in [5, 5.41) is 19.9. The highest BCUT2D eigenvalue weighted by molar-refractivity contribution is 7.16. The molecule has 0 bridgehead atoms. The van der Waals surface area contributed by atoms with Crippen molar-refractivity contribution in [2.75, 3.05) is 0 Å². The molecule has 0 saturated heterocycles. The van der Waals surface area contributed by atoms with Crippen molar-refractivity contribution in [3.8, 4) is 16.6 Å². The molecule has 0 spiro atoms. The maximum absolute atomic E-state index is 11.0. The van der Waals surface area contributed by atoms with Gasteiger partial charge in [0, 0.05) is 28.7 Å². The van der Waals surface area contributed by atoms with Gasteiger partial charge in [0.25, 0.3) is 0 Å². The Morgan fingerprint density at radius 1 is 1.45 bits per heavy atom. The van der Waals surface area contributed by atoms with Crippen molar-refractivity contribution < 1.29 is 9.90 Å². The van der Waals surface area contributed by atoms with Gasteiger partial charge in [0.1, 0.15) is 16.0 Å². The zero-order valence-electron chi connectivity index (χ0n) is 11.5. The zero-order chi connectivity index (χ0) is 15.3. The number of aromatic carboxylic acids is 1. The summed E-state index contributed by atoms with van der Waals surface area (Å²) in [4.78, 5) is 15.4. The highest BCUT2D eigenvalue weighted by Gasteiger charge is 2.26. The van der Waals surface area contributed by atoms with E-state index in [4.69, 9.17) is 5.11 Å². The molecule has 22 heavy (non-hydrogen) atoms. The molecule has 2 aromatic heterocycles. The van der Waals surface area contributed by atoms with E-state index in [-0.39, 0.29) is 4.88 Å². The number of carboxylic acid groups (broad SMARTS) is 1. The number of nitrogens with zero attached hydrogens (tertiary/aromatic N) is 3.